The number of methoxy groups -OCH3 is 1. The zero-order chi connectivity index (χ0) is 15.4. The van der Waals surface area contributed by atoms with Crippen LogP contribution < -0.4 is 4.74 Å². The van der Waals surface area contributed by atoms with E-state index in [0.29, 0.717) is 0 Å². The Kier molecular flexibility index (Phi) is 5.62. The summed E-state index contributed by atoms with van der Waals surface area (Å²) in [5, 5.41) is 10.7. The number of rotatable bonds is 6. The Morgan fingerprint density at radius 2 is 2.00 bits per heavy atom. The van der Waals surface area contributed by atoms with Gasteiger partial charge in [0.15, 0.2) is 0 Å². The van der Waals surface area contributed by atoms with Crippen molar-refractivity contribution in [3.05, 3.63) is 29.3 Å². The van der Waals surface area contributed by atoms with Crippen LogP contribution >= 0.6 is 0 Å². The molecule has 0 heterocycles. The Morgan fingerprint density at radius 3 is 2.67 bits per heavy atom. The monoisotopic (exact) mass is 292 g/mol. The second kappa shape index (κ2) is 7.25. The second-order valence-electron chi connectivity index (χ2n) is 6.25. The molecule has 118 valence electrons. The number of likely N-dealkylation sites (N-methyl/N-ethyl adjacent to an activating group) is 1. The number of benzene rings is 1. The number of hydrogen-bond donors (Lipinski definition) is 1. The number of fused-ring (bicyclic) bond motifs is 1. The Bertz CT molecular complexity index is 462. The molecule has 0 spiro atoms. The van der Waals surface area contributed by atoms with Crippen molar-refractivity contribution in [2.75, 3.05) is 41.3 Å². The van der Waals surface area contributed by atoms with Gasteiger partial charge in [-0.05, 0) is 76.8 Å². The molecule has 2 rings (SSSR count). The third-order valence-corrected chi connectivity index (χ3v) is 4.42. The Balaban J connectivity index is 2.00. The molecule has 4 heteroatoms. The fraction of sp³-hybridized carbons (Fsp3) is 0.647. The van der Waals surface area contributed by atoms with Crippen molar-refractivity contribution in [3.8, 4) is 5.75 Å². The molecule has 1 aliphatic carbocycles. The highest BCUT2D eigenvalue weighted by Gasteiger charge is 2.30. The molecule has 4 nitrogen and oxygen atoms in total. The minimum Gasteiger partial charge on any atom is -0.497 e. The lowest BCUT2D eigenvalue weighted by atomic mass is 9.85. The SMILES string of the molecule is COc1ccc2c(c1)CCC(N(C)CCCN(C)C)C2O. The molecule has 0 amide bonds. The summed E-state index contributed by atoms with van der Waals surface area (Å²) < 4.78 is 5.27. The highest BCUT2D eigenvalue weighted by Crippen LogP contribution is 2.34. The van der Waals surface area contributed by atoms with Gasteiger partial charge in [0, 0.05) is 6.04 Å². The number of hydrogen-bond acceptors (Lipinski definition) is 4. The molecule has 2 unspecified atom stereocenters. The smallest absolute Gasteiger partial charge is 0.119 e. The van der Waals surface area contributed by atoms with E-state index < -0.39 is 6.10 Å². The van der Waals surface area contributed by atoms with Crippen LogP contribution in [-0.2, 0) is 6.42 Å². The molecule has 0 saturated heterocycles. The predicted molar refractivity (Wildman–Crippen MR) is 85.9 cm³/mol. The summed E-state index contributed by atoms with van der Waals surface area (Å²) in [6.07, 6.45) is 2.73. The molecular formula is C17H28N2O2. The maximum absolute atomic E-state index is 10.7. The van der Waals surface area contributed by atoms with Gasteiger partial charge in [-0.3, -0.25) is 0 Å². The molecule has 1 N–H and O–H groups in total. The highest BCUT2D eigenvalue weighted by molar-refractivity contribution is 5.39. The average molecular weight is 292 g/mol. The lowest BCUT2D eigenvalue weighted by molar-refractivity contribution is 0.0486. The van der Waals surface area contributed by atoms with Crippen LogP contribution in [0.25, 0.3) is 0 Å². The van der Waals surface area contributed by atoms with Gasteiger partial charge in [0.2, 0.25) is 0 Å². The third-order valence-electron chi connectivity index (χ3n) is 4.42. The summed E-state index contributed by atoms with van der Waals surface area (Å²) in [7, 11) is 8.00. The van der Waals surface area contributed by atoms with Crippen LogP contribution in [0.2, 0.25) is 0 Å². The van der Waals surface area contributed by atoms with Gasteiger partial charge < -0.3 is 19.6 Å². The van der Waals surface area contributed by atoms with Crippen molar-refractivity contribution in [2.24, 2.45) is 0 Å². The van der Waals surface area contributed by atoms with Crippen LogP contribution in [0.5, 0.6) is 5.75 Å². The number of aliphatic hydroxyl groups excluding tert-OH is 1. The zero-order valence-corrected chi connectivity index (χ0v) is 13.7. The van der Waals surface area contributed by atoms with E-state index in [2.05, 4.69) is 37.0 Å². The van der Waals surface area contributed by atoms with E-state index in [0.717, 1.165) is 43.7 Å². The number of nitrogens with zero attached hydrogens (tertiary/aromatic N) is 2. The van der Waals surface area contributed by atoms with Gasteiger partial charge in [0.1, 0.15) is 5.75 Å². The molecule has 1 aliphatic rings. The van der Waals surface area contributed by atoms with Crippen LogP contribution in [0.3, 0.4) is 0 Å². The molecule has 0 bridgehead atoms. The first-order valence-electron chi connectivity index (χ1n) is 7.72. The summed E-state index contributed by atoms with van der Waals surface area (Å²) >= 11 is 0. The number of ether oxygens (including phenoxy) is 1. The maximum Gasteiger partial charge on any atom is 0.119 e. The minimum absolute atomic E-state index is 0.216. The van der Waals surface area contributed by atoms with Gasteiger partial charge in [-0.2, -0.15) is 0 Å². The maximum atomic E-state index is 10.7. The van der Waals surface area contributed by atoms with Crippen LogP contribution in [0, 0.1) is 0 Å². The highest BCUT2D eigenvalue weighted by atomic mass is 16.5. The molecule has 1 aromatic rings. The van der Waals surface area contributed by atoms with Crippen molar-refractivity contribution < 1.29 is 9.84 Å². The second-order valence-corrected chi connectivity index (χ2v) is 6.25. The summed E-state index contributed by atoms with van der Waals surface area (Å²) in [6.45, 7) is 2.10. The van der Waals surface area contributed by atoms with Gasteiger partial charge in [0.05, 0.1) is 13.2 Å². The van der Waals surface area contributed by atoms with E-state index in [9.17, 15) is 5.11 Å². The zero-order valence-electron chi connectivity index (χ0n) is 13.7. The number of aryl methyl sites for hydroxylation is 1. The molecule has 0 fully saturated rings. The van der Waals surface area contributed by atoms with Crippen LogP contribution in [0.4, 0.5) is 0 Å². The fourth-order valence-electron chi connectivity index (χ4n) is 3.15. The fourth-order valence-corrected chi connectivity index (χ4v) is 3.15. The minimum atomic E-state index is -0.399. The Labute approximate surface area is 128 Å². The molecule has 0 radical (unpaired) electrons. The van der Waals surface area contributed by atoms with Gasteiger partial charge in [-0.25, -0.2) is 0 Å². The summed E-state index contributed by atoms with van der Waals surface area (Å²) in [5.41, 5.74) is 2.28. The van der Waals surface area contributed by atoms with E-state index in [4.69, 9.17) is 4.74 Å². The third kappa shape index (κ3) is 3.96. The van der Waals surface area contributed by atoms with Gasteiger partial charge >= 0.3 is 0 Å². The topological polar surface area (TPSA) is 35.9 Å². The van der Waals surface area contributed by atoms with E-state index >= 15 is 0 Å². The Hall–Kier alpha value is -1.10. The van der Waals surface area contributed by atoms with Gasteiger partial charge in [-0.15, -0.1) is 0 Å². The van der Waals surface area contributed by atoms with E-state index in [-0.39, 0.29) is 6.04 Å². The van der Waals surface area contributed by atoms with Crippen LogP contribution in [0.15, 0.2) is 18.2 Å². The predicted octanol–water partition coefficient (Wildman–Crippen LogP) is 1.93. The molecule has 2 atom stereocenters. The van der Waals surface area contributed by atoms with Crippen LogP contribution in [-0.4, -0.2) is 62.3 Å². The molecule has 0 aromatic heterocycles. The lowest BCUT2D eigenvalue weighted by Crippen LogP contribution is -2.41. The summed E-state index contributed by atoms with van der Waals surface area (Å²) in [6, 6.07) is 6.23. The largest absolute Gasteiger partial charge is 0.497 e. The molecule has 1 aromatic carbocycles. The van der Waals surface area contributed by atoms with E-state index in [1.807, 2.05) is 12.1 Å². The molecule has 0 aliphatic heterocycles. The van der Waals surface area contributed by atoms with Gasteiger partial charge in [-0.1, -0.05) is 6.07 Å². The lowest BCUT2D eigenvalue weighted by Gasteiger charge is -2.36. The quantitative estimate of drug-likeness (QED) is 0.869. The van der Waals surface area contributed by atoms with Crippen molar-refractivity contribution in [2.45, 2.75) is 31.4 Å². The molecule has 21 heavy (non-hydrogen) atoms. The summed E-state index contributed by atoms with van der Waals surface area (Å²) in [5.74, 6) is 0.874. The first kappa shape index (κ1) is 16.3. The number of aliphatic hydroxyl groups is 1. The van der Waals surface area contributed by atoms with E-state index in [1.54, 1.807) is 7.11 Å². The Morgan fingerprint density at radius 1 is 1.24 bits per heavy atom. The van der Waals surface area contributed by atoms with E-state index in [1.165, 1.54) is 5.56 Å². The first-order valence-corrected chi connectivity index (χ1v) is 7.72. The average Bonchev–Trinajstić information content (AvgIpc) is 2.46. The normalized spacial score (nSPS) is 21.7. The molecule has 0 saturated carbocycles. The first-order chi connectivity index (χ1) is 10.0. The summed E-state index contributed by atoms with van der Waals surface area (Å²) in [4.78, 5) is 4.51. The van der Waals surface area contributed by atoms with Crippen molar-refractivity contribution in [1.29, 1.82) is 0 Å². The molecular weight excluding hydrogens is 264 g/mol. The standard InChI is InChI=1S/C17H28N2O2/c1-18(2)10-5-11-19(3)16-9-6-13-12-14(21-4)7-8-15(13)17(16)20/h7-8,12,16-17,20H,5-6,9-11H2,1-4H3. The van der Waals surface area contributed by atoms with Crippen molar-refractivity contribution >= 4 is 0 Å². The van der Waals surface area contributed by atoms with Crippen LogP contribution in [0.1, 0.15) is 30.1 Å². The van der Waals surface area contributed by atoms with Gasteiger partial charge in [0.25, 0.3) is 0 Å². The van der Waals surface area contributed by atoms with Crippen molar-refractivity contribution in [1.82, 2.24) is 9.80 Å². The van der Waals surface area contributed by atoms with Crippen molar-refractivity contribution in [3.63, 3.8) is 0 Å².